The maximum Gasteiger partial charge on any atom is -0.0162 e. The number of hydrogen-bond donors (Lipinski definition) is 0. The maximum atomic E-state index is 2.67. The topological polar surface area (TPSA) is 0 Å². The molecule has 2 saturated carbocycles. The van der Waals surface area contributed by atoms with E-state index in [0.29, 0.717) is 0 Å². The summed E-state index contributed by atoms with van der Waals surface area (Å²) in [4.78, 5) is 0. The van der Waals surface area contributed by atoms with Crippen LogP contribution in [0.3, 0.4) is 0 Å². The molecule has 4 bridgehead atoms. The first-order valence-electron chi connectivity index (χ1n) is 7.34. The van der Waals surface area contributed by atoms with E-state index in [1.807, 2.05) is 11.1 Å². The van der Waals surface area contributed by atoms with Crippen molar-refractivity contribution in [3.05, 3.63) is 23.3 Å². The molecule has 0 spiro atoms. The predicted molar refractivity (Wildman–Crippen MR) is 67.1 cm³/mol. The number of rotatable bonds is 1. The van der Waals surface area contributed by atoms with Crippen LogP contribution in [0.1, 0.15) is 51.4 Å². The fraction of sp³-hybridized carbons (Fsp3) is 0.750. The summed E-state index contributed by atoms with van der Waals surface area (Å²) in [6, 6.07) is 0. The molecule has 16 heavy (non-hydrogen) atoms. The second kappa shape index (κ2) is 3.48. The molecule has 0 aromatic carbocycles. The average Bonchev–Trinajstić information content (AvgIpc) is 2.41. The number of allylic oxidation sites excluding steroid dienone is 4. The zero-order valence-electron chi connectivity index (χ0n) is 10.1. The van der Waals surface area contributed by atoms with Crippen LogP contribution in [-0.2, 0) is 0 Å². The van der Waals surface area contributed by atoms with E-state index in [-0.39, 0.29) is 0 Å². The summed E-state index contributed by atoms with van der Waals surface area (Å²) in [5.74, 6) is 3.80. The van der Waals surface area contributed by atoms with E-state index in [0.717, 1.165) is 23.7 Å². The van der Waals surface area contributed by atoms with Gasteiger partial charge in [0.2, 0.25) is 0 Å². The average molecular weight is 214 g/mol. The first-order chi connectivity index (χ1) is 7.90. The van der Waals surface area contributed by atoms with Gasteiger partial charge in [-0.15, -0.1) is 0 Å². The van der Waals surface area contributed by atoms with E-state index >= 15 is 0 Å². The Hall–Kier alpha value is -0.520. The molecule has 2 fully saturated rings. The smallest absolute Gasteiger partial charge is 0.0162 e. The summed E-state index contributed by atoms with van der Waals surface area (Å²) < 4.78 is 0. The third-order valence-corrected chi connectivity index (χ3v) is 5.59. The van der Waals surface area contributed by atoms with Crippen molar-refractivity contribution >= 4 is 0 Å². The molecule has 0 aromatic heterocycles. The highest BCUT2D eigenvalue weighted by Crippen LogP contribution is 2.50. The molecule has 0 heterocycles. The summed E-state index contributed by atoms with van der Waals surface area (Å²) in [6.45, 7) is 0. The fourth-order valence-corrected chi connectivity index (χ4v) is 4.64. The summed E-state index contributed by atoms with van der Waals surface area (Å²) in [7, 11) is 0. The van der Waals surface area contributed by atoms with E-state index in [4.69, 9.17) is 0 Å². The Morgan fingerprint density at radius 1 is 0.562 bits per heavy atom. The van der Waals surface area contributed by atoms with E-state index in [9.17, 15) is 0 Å². The van der Waals surface area contributed by atoms with E-state index in [2.05, 4.69) is 12.2 Å². The highest BCUT2D eigenvalue weighted by atomic mass is 14.4. The Labute approximate surface area is 98.8 Å². The monoisotopic (exact) mass is 214 g/mol. The lowest BCUT2D eigenvalue weighted by atomic mass is 9.63. The van der Waals surface area contributed by atoms with Crippen LogP contribution in [0.15, 0.2) is 23.3 Å². The Morgan fingerprint density at radius 2 is 0.938 bits per heavy atom. The highest BCUT2D eigenvalue weighted by molar-refractivity contribution is 5.40. The third-order valence-electron chi connectivity index (χ3n) is 5.59. The maximum absolute atomic E-state index is 2.67. The fourth-order valence-electron chi connectivity index (χ4n) is 4.64. The van der Waals surface area contributed by atoms with Crippen molar-refractivity contribution in [2.75, 3.05) is 0 Å². The second-order valence-electron chi connectivity index (χ2n) is 6.47. The predicted octanol–water partition coefficient (Wildman–Crippen LogP) is 4.48. The summed E-state index contributed by atoms with van der Waals surface area (Å²) >= 11 is 0. The van der Waals surface area contributed by atoms with Gasteiger partial charge in [0.05, 0.1) is 0 Å². The lowest BCUT2D eigenvalue weighted by Gasteiger charge is -2.43. The zero-order valence-corrected chi connectivity index (χ0v) is 10.1. The molecule has 0 nitrogen and oxygen atoms in total. The minimum Gasteiger partial charge on any atom is -0.0776 e. The molecule has 0 heteroatoms. The molecule has 0 radical (unpaired) electrons. The van der Waals surface area contributed by atoms with Crippen molar-refractivity contribution in [2.24, 2.45) is 23.7 Å². The first-order valence-corrected chi connectivity index (χ1v) is 7.34. The molecular weight excluding hydrogens is 192 g/mol. The van der Waals surface area contributed by atoms with Gasteiger partial charge in [-0.25, -0.2) is 0 Å². The van der Waals surface area contributed by atoms with E-state index in [1.54, 1.807) is 0 Å². The van der Waals surface area contributed by atoms with Gasteiger partial charge in [-0.2, -0.15) is 0 Å². The van der Waals surface area contributed by atoms with Crippen molar-refractivity contribution in [2.45, 2.75) is 51.4 Å². The SMILES string of the molecule is C1=C(C2=CC3CCC2CC3)C2CCC1CC2. The molecule has 0 amide bonds. The van der Waals surface area contributed by atoms with Crippen molar-refractivity contribution in [1.29, 1.82) is 0 Å². The standard InChI is InChI=1S/C16H22/c1-5-13-6-2-11(1)9-15(13)16-10-12-3-7-14(16)8-4-12/h9-14H,1-8H2. The molecule has 0 atom stereocenters. The Kier molecular flexibility index (Phi) is 2.07. The van der Waals surface area contributed by atoms with Gasteiger partial charge in [0, 0.05) is 0 Å². The molecule has 0 saturated heterocycles. The van der Waals surface area contributed by atoms with Crippen LogP contribution in [0.4, 0.5) is 0 Å². The lowest BCUT2D eigenvalue weighted by molar-refractivity contribution is 0.282. The molecular formula is C16H22. The molecule has 0 unspecified atom stereocenters. The minimum absolute atomic E-state index is 0.946. The molecule has 6 aliphatic carbocycles. The Morgan fingerprint density at radius 3 is 1.19 bits per heavy atom. The Balaban J connectivity index is 1.71. The van der Waals surface area contributed by atoms with Gasteiger partial charge in [0.1, 0.15) is 0 Å². The van der Waals surface area contributed by atoms with Crippen LogP contribution < -0.4 is 0 Å². The van der Waals surface area contributed by atoms with Crippen LogP contribution in [0, 0.1) is 23.7 Å². The second-order valence-corrected chi connectivity index (χ2v) is 6.47. The van der Waals surface area contributed by atoms with Gasteiger partial charge in [0.25, 0.3) is 0 Å². The van der Waals surface area contributed by atoms with E-state index in [1.165, 1.54) is 51.4 Å². The quantitative estimate of drug-likeness (QED) is 0.603. The van der Waals surface area contributed by atoms with Crippen LogP contribution >= 0.6 is 0 Å². The minimum atomic E-state index is 0.946. The first kappa shape index (κ1) is 9.50. The highest BCUT2D eigenvalue weighted by Gasteiger charge is 2.36. The third kappa shape index (κ3) is 1.35. The molecule has 0 N–H and O–H groups in total. The van der Waals surface area contributed by atoms with Crippen molar-refractivity contribution in [3.8, 4) is 0 Å². The van der Waals surface area contributed by atoms with Crippen LogP contribution in [0.25, 0.3) is 0 Å². The van der Waals surface area contributed by atoms with Gasteiger partial charge < -0.3 is 0 Å². The van der Waals surface area contributed by atoms with Gasteiger partial charge in [0.15, 0.2) is 0 Å². The summed E-state index contributed by atoms with van der Waals surface area (Å²) in [5.41, 5.74) is 3.63. The van der Waals surface area contributed by atoms with Crippen LogP contribution in [0.2, 0.25) is 0 Å². The molecule has 0 aromatic rings. The van der Waals surface area contributed by atoms with Crippen molar-refractivity contribution < 1.29 is 0 Å². The van der Waals surface area contributed by atoms with Crippen LogP contribution in [-0.4, -0.2) is 0 Å². The summed E-state index contributed by atoms with van der Waals surface area (Å²) in [5, 5.41) is 0. The largest absolute Gasteiger partial charge is 0.0776 e. The van der Waals surface area contributed by atoms with E-state index < -0.39 is 0 Å². The number of fused-ring (bicyclic) bond motifs is 5. The molecule has 86 valence electrons. The van der Waals surface area contributed by atoms with Gasteiger partial charge in [-0.05, 0) is 86.2 Å². The number of hydrogen-bond acceptors (Lipinski definition) is 0. The molecule has 6 aliphatic rings. The van der Waals surface area contributed by atoms with Gasteiger partial charge in [-0.3, -0.25) is 0 Å². The van der Waals surface area contributed by atoms with Crippen molar-refractivity contribution in [3.63, 3.8) is 0 Å². The Bertz CT molecular complexity index is 308. The molecule has 0 aliphatic heterocycles. The van der Waals surface area contributed by atoms with Gasteiger partial charge >= 0.3 is 0 Å². The van der Waals surface area contributed by atoms with Crippen LogP contribution in [0.5, 0.6) is 0 Å². The van der Waals surface area contributed by atoms with Gasteiger partial charge in [-0.1, -0.05) is 12.2 Å². The summed E-state index contributed by atoms with van der Waals surface area (Å²) in [6.07, 6.45) is 17.2. The zero-order chi connectivity index (χ0) is 10.5. The normalized spacial score (nSPS) is 45.5. The molecule has 6 rings (SSSR count). The lowest BCUT2D eigenvalue weighted by Crippen LogP contribution is -2.29. The van der Waals surface area contributed by atoms with Crippen molar-refractivity contribution in [1.82, 2.24) is 0 Å².